The molecule has 2 heterocycles. The van der Waals surface area contributed by atoms with E-state index in [2.05, 4.69) is 83.3 Å². The van der Waals surface area contributed by atoms with Gasteiger partial charge in [-0.15, -0.1) is 11.3 Å². The van der Waals surface area contributed by atoms with Crippen LogP contribution >= 0.6 is 11.3 Å². The summed E-state index contributed by atoms with van der Waals surface area (Å²) < 4.78 is 0. The maximum absolute atomic E-state index is 4.77. The molecule has 1 aromatic carbocycles. The summed E-state index contributed by atoms with van der Waals surface area (Å²) in [4.78, 5) is 8.44. The maximum atomic E-state index is 4.77. The third-order valence-corrected chi connectivity index (χ3v) is 5.24. The number of thiophene rings is 1. The highest BCUT2D eigenvalue weighted by molar-refractivity contribution is 7.10. The lowest BCUT2D eigenvalue weighted by Gasteiger charge is -2.19. The predicted octanol–water partition coefficient (Wildman–Crippen LogP) is 3.94. The van der Waals surface area contributed by atoms with Crippen molar-refractivity contribution in [2.24, 2.45) is 4.99 Å². The molecule has 1 aromatic heterocycles. The summed E-state index contributed by atoms with van der Waals surface area (Å²) in [5.41, 5.74) is 2.49. The number of aliphatic imine (C=N–C) groups is 1. The summed E-state index contributed by atoms with van der Waals surface area (Å²) in [7, 11) is 0. The normalized spacial score (nSPS) is 15.4. The van der Waals surface area contributed by atoms with E-state index in [1.54, 1.807) is 11.3 Å². The van der Waals surface area contributed by atoms with Gasteiger partial charge in [0.05, 0.1) is 12.6 Å². The van der Waals surface area contributed by atoms with E-state index in [1.807, 2.05) is 0 Å². The van der Waals surface area contributed by atoms with Crippen LogP contribution in [0.25, 0.3) is 0 Å². The summed E-state index contributed by atoms with van der Waals surface area (Å²) in [6.45, 7) is 7.77. The van der Waals surface area contributed by atoms with Crippen molar-refractivity contribution in [3.05, 3.63) is 64.4 Å². The van der Waals surface area contributed by atoms with Crippen molar-refractivity contribution < 1.29 is 0 Å². The average molecular weight is 355 g/mol. The van der Waals surface area contributed by atoms with E-state index in [9.17, 15) is 0 Å². The minimum atomic E-state index is 0.250. The fourth-order valence-corrected chi connectivity index (χ4v) is 3.58. The molecule has 1 unspecified atom stereocenters. The molecule has 5 heteroatoms. The molecule has 0 aliphatic carbocycles. The molecule has 25 heavy (non-hydrogen) atoms. The van der Waals surface area contributed by atoms with Gasteiger partial charge >= 0.3 is 0 Å². The molecule has 4 nitrogen and oxygen atoms in total. The molecular weight excluding hydrogens is 328 g/mol. The SMILES string of the molecule is CCNC(=NCc1cccc(N2CC=CC2)c1)NC(C)c1cccs1. The number of rotatable bonds is 6. The maximum Gasteiger partial charge on any atom is 0.192 e. The van der Waals surface area contributed by atoms with E-state index in [1.165, 1.54) is 16.1 Å². The molecule has 1 atom stereocenters. The Morgan fingerprint density at radius 3 is 2.80 bits per heavy atom. The molecule has 132 valence electrons. The van der Waals surface area contributed by atoms with Gasteiger partial charge in [0.15, 0.2) is 5.96 Å². The van der Waals surface area contributed by atoms with Gasteiger partial charge in [-0.2, -0.15) is 0 Å². The van der Waals surface area contributed by atoms with Crippen molar-refractivity contribution in [3.63, 3.8) is 0 Å². The zero-order chi connectivity index (χ0) is 17.5. The van der Waals surface area contributed by atoms with Crippen LogP contribution in [0.2, 0.25) is 0 Å². The molecule has 0 fully saturated rings. The Hall–Kier alpha value is -2.27. The zero-order valence-electron chi connectivity index (χ0n) is 14.9. The molecule has 1 aliphatic heterocycles. The van der Waals surface area contributed by atoms with Gasteiger partial charge in [-0.3, -0.25) is 0 Å². The Morgan fingerprint density at radius 1 is 1.24 bits per heavy atom. The Kier molecular flexibility index (Phi) is 6.12. The smallest absolute Gasteiger partial charge is 0.192 e. The van der Waals surface area contributed by atoms with Gasteiger partial charge in [-0.1, -0.05) is 30.4 Å². The number of hydrogen-bond donors (Lipinski definition) is 2. The molecular formula is C20H26N4S. The van der Waals surface area contributed by atoms with Crippen LogP contribution in [0.5, 0.6) is 0 Å². The minimum Gasteiger partial charge on any atom is -0.364 e. The van der Waals surface area contributed by atoms with Crippen LogP contribution in [0.1, 0.15) is 30.3 Å². The Morgan fingerprint density at radius 2 is 2.08 bits per heavy atom. The predicted molar refractivity (Wildman–Crippen MR) is 108 cm³/mol. The van der Waals surface area contributed by atoms with Crippen LogP contribution in [-0.4, -0.2) is 25.6 Å². The van der Waals surface area contributed by atoms with Crippen molar-refractivity contribution in [2.75, 3.05) is 24.5 Å². The lowest BCUT2D eigenvalue weighted by molar-refractivity contribution is 0.698. The van der Waals surface area contributed by atoms with Crippen LogP contribution in [-0.2, 0) is 6.54 Å². The zero-order valence-corrected chi connectivity index (χ0v) is 15.7. The van der Waals surface area contributed by atoms with E-state index in [4.69, 9.17) is 4.99 Å². The molecule has 2 N–H and O–H groups in total. The van der Waals surface area contributed by atoms with Crippen molar-refractivity contribution in [1.82, 2.24) is 10.6 Å². The van der Waals surface area contributed by atoms with E-state index in [0.29, 0.717) is 6.54 Å². The molecule has 0 radical (unpaired) electrons. The first-order chi connectivity index (χ1) is 12.3. The molecule has 0 saturated carbocycles. The van der Waals surface area contributed by atoms with E-state index < -0.39 is 0 Å². The van der Waals surface area contributed by atoms with Gasteiger partial charge in [0.1, 0.15) is 0 Å². The van der Waals surface area contributed by atoms with Gasteiger partial charge in [0.25, 0.3) is 0 Å². The molecule has 1 aliphatic rings. The van der Waals surface area contributed by atoms with Crippen LogP contribution < -0.4 is 15.5 Å². The van der Waals surface area contributed by atoms with Crippen molar-refractivity contribution in [2.45, 2.75) is 26.4 Å². The van der Waals surface area contributed by atoms with Crippen molar-refractivity contribution in [3.8, 4) is 0 Å². The van der Waals surface area contributed by atoms with E-state index >= 15 is 0 Å². The van der Waals surface area contributed by atoms with Crippen LogP contribution in [0, 0.1) is 0 Å². The largest absolute Gasteiger partial charge is 0.364 e. The van der Waals surface area contributed by atoms with Crippen LogP contribution in [0.3, 0.4) is 0 Å². The molecule has 2 aromatic rings. The number of hydrogen-bond acceptors (Lipinski definition) is 3. The molecule has 0 spiro atoms. The highest BCUT2D eigenvalue weighted by Gasteiger charge is 2.10. The third-order valence-electron chi connectivity index (χ3n) is 4.18. The van der Waals surface area contributed by atoms with Crippen molar-refractivity contribution in [1.29, 1.82) is 0 Å². The average Bonchev–Trinajstić information content (AvgIpc) is 3.33. The first kappa shape index (κ1) is 17.5. The molecule has 0 bridgehead atoms. The summed E-state index contributed by atoms with van der Waals surface area (Å²) in [5, 5.41) is 8.94. The number of nitrogens with one attached hydrogen (secondary N) is 2. The second kappa shape index (κ2) is 8.72. The fourth-order valence-electron chi connectivity index (χ4n) is 2.84. The first-order valence-electron chi connectivity index (χ1n) is 8.83. The monoisotopic (exact) mass is 354 g/mol. The first-order valence-corrected chi connectivity index (χ1v) is 9.71. The van der Waals surface area contributed by atoms with Gasteiger partial charge < -0.3 is 15.5 Å². The second-order valence-electron chi connectivity index (χ2n) is 6.12. The summed E-state index contributed by atoms with van der Waals surface area (Å²) in [5.74, 6) is 0.858. The van der Waals surface area contributed by atoms with Gasteiger partial charge in [0.2, 0.25) is 0 Å². The van der Waals surface area contributed by atoms with E-state index in [-0.39, 0.29) is 6.04 Å². The highest BCUT2D eigenvalue weighted by Crippen LogP contribution is 2.20. The Bertz CT molecular complexity index is 713. The Balaban J connectivity index is 1.65. The fraction of sp³-hybridized carbons (Fsp3) is 0.350. The van der Waals surface area contributed by atoms with Crippen molar-refractivity contribution >= 4 is 23.0 Å². The minimum absolute atomic E-state index is 0.250. The molecule has 3 rings (SSSR count). The summed E-state index contributed by atoms with van der Waals surface area (Å²) in [6, 6.07) is 13.2. The lowest BCUT2D eigenvalue weighted by Crippen LogP contribution is -2.38. The standard InChI is InChI=1S/C20H26N4S/c1-3-21-20(23-16(2)19-10-7-13-25-19)22-15-17-8-6-9-18(14-17)24-11-4-5-12-24/h4-10,13-14,16H,3,11-12,15H2,1-2H3,(H2,21,22,23). The number of anilines is 1. The molecule has 0 amide bonds. The highest BCUT2D eigenvalue weighted by atomic mass is 32.1. The van der Waals surface area contributed by atoms with Gasteiger partial charge in [0, 0.05) is 30.2 Å². The summed E-state index contributed by atoms with van der Waals surface area (Å²) in [6.07, 6.45) is 4.42. The number of nitrogens with zero attached hydrogens (tertiary/aromatic N) is 2. The van der Waals surface area contributed by atoms with E-state index in [0.717, 1.165) is 25.6 Å². The van der Waals surface area contributed by atoms with Crippen LogP contribution in [0.15, 0.2) is 58.9 Å². The van der Waals surface area contributed by atoms with Gasteiger partial charge in [-0.25, -0.2) is 4.99 Å². The lowest BCUT2D eigenvalue weighted by atomic mass is 10.2. The summed E-state index contributed by atoms with van der Waals surface area (Å²) >= 11 is 1.76. The number of benzene rings is 1. The van der Waals surface area contributed by atoms with Crippen LogP contribution in [0.4, 0.5) is 5.69 Å². The van der Waals surface area contributed by atoms with Gasteiger partial charge in [-0.05, 0) is 43.0 Å². The Labute approximate surface area is 154 Å². The quantitative estimate of drug-likeness (QED) is 0.469. The number of guanidine groups is 1. The third kappa shape index (κ3) is 4.86. The topological polar surface area (TPSA) is 39.7 Å². The molecule has 0 saturated heterocycles. The second-order valence-corrected chi connectivity index (χ2v) is 7.10.